The fourth-order valence-corrected chi connectivity index (χ4v) is 3.30. The molecule has 2 heterocycles. The molecule has 1 aliphatic heterocycles. The number of aromatic nitrogens is 1. The van der Waals surface area contributed by atoms with Crippen LogP contribution in [0.2, 0.25) is 0 Å². The van der Waals surface area contributed by atoms with Crippen LogP contribution in [0.5, 0.6) is 0 Å². The molecule has 1 aliphatic rings. The number of aromatic amines is 1. The average molecular weight is 293 g/mol. The van der Waals surface area contributed by atoms with Crippen LogP contribution < -0.4 is 5.46 Å². The Morgan fingerprint density at radius 3 is 2.42 bits per heavy atom. The van der Waals surface area contributed by atoms with Crippen molar-refractivity contribution in [2.24, 2.45) is 0 Å². The molecule has 1 saturated heterocycles. The topological polar surface area (TPSA) is 34.2 Å². The standard InChI is InChI=1S/C13H16BNO2S2/c1-12(2)13(3,4)17-14(16-12)8-6-5-7-9-10(8)15-11(18)19-9/h5-7H,1-4H3,(H,15,18). The lowest BCUT2D eigenvalue weighted by Crippen LogP contribution is -2.41. The van der Waals surface area contributed by atoms with E-state index in [0.29, 0.717) is 0 Å². The smallest absolute Gasteiger partial charge is 0.399 e. The van der Waals surface area contributed by atoms with Crippen LogP contribution in [0.15, 0.2) is 18.2 Å². The summed E-state index contributed by atoms with van der Waals surface area (Å²) in [7, 11) is -0.353. The Morgan fingerprint density at radius 1 is 1.16 bits per heavy atom. The van der Waals surface area contributed by atoms with Crippen molar-refractivity contribution in [1.82, 2.24) is 4.98 Å². The van der Waals surface area contributed by atoms with Gasteiger partial charge in [0.2, 0.25) is 0 Å². The molecule has 1 N–H and O–H groups in total. The first-order chi connectivity index (χ1) is 8.80. The molecule has 0 atom stereocenters. The number of hydrogen-bond acceptors (Lipinski definition) is 4. The van der Waals surface area contributed by atoms with Crippen LogP contribution in [0.1, 0.15) is 27.7 Å². The maximum atomic E-state index is 6.10. The van der Waals surface area contributed by atoms with Crippen molar-refractivity contribution in [3.8, 4) is 0 Å². The zero-order chi connectivity index (χ0) is 13.8. The van der Waals surface area contributed by atoms with Gasteiger partial charge in [0.1, 0.15) is 0 Å². The number of para-hydroxylation sites is 1. The van der Waals surface area contributed by atoms with Gasteiger partial charge in [0.05, 0.1) is 21.4 Å². The van der Waals surface area contributed by atoms with E-state index in [1.165, 1.54) is 0 Å². The summed E-state index contributed by atoms with van der Waals surface area (Å²) in [4.78, 5) is 3.23. The molecule has 3 nitrogen and oxygen atoms in total. The van der Waals surface area contributed by atoms with E-state index in [1.807, 2.05) is 12.1 Å². The van der Waals surface area contributed by atoms with E-state index < -0.39 is 0 Å². The number of thiazole rings is 1. The number of rotatable bonds is 1. The van der Waals surface area contributed by atoms with E-state index in [4.69, 9.17) is 21.5 Å². The zero-order valence-corrected chi connectivity index (χ0v) is 13.1. The third-order valence-corrected chi connectivity index (χ3v) is 5.19. The number of nitrogens with one attached hydrogen (secondary N) is 1. The summed E-state index contributed by atoms with van der Waals surface area (Å²) in [6, 6.07) is 6.10. The second kappa shape index (κ2) is 4.15. The summed E-state index contributed by atoms with van der Waals surface area (Å²) in [6.07, 6.45) is 0. The Balaban J connectivity index is 2.09. The van der Waals surface area contributed by atoms with Crippen LogP contribution in [0, 0.1) is 3.95 Å². The van der Waals surface area contributed by atoms with Gasteiger partial charge in [-0.15, -0.1) is 11.3 Å². The second-order valence-corrected chi connectivity index (χ2v) is 7.54. The van der Waals surface area contributed by atoms with E-state index in [2.05, 4.69) is 38.7 Å². The second-order valence-electron chi connectivity index (χ2n) is 5.82. The Labute approximate surface area is 122 Å². The first kappa shape index (κ1) is 13.3. The highest BCUT2D eigenvalue weighted by molar-refractivity contribution is 7.73. The van der Waals surface area contributed by atoms with Crippen molar-refractivity contribution in [3.63, 3.8) is 0 Å². The largest absolute Gasteiger partial charge is 0.497 e. The maximum absolute atomic E-state index is 6.10. The lowest BCUT2D eigenvalue weighted by atomic mass is 9.78. The zero-order valence-electron chi connectivity index (χ0n) is 11.4. The van der Waals surface area contributed by atoms with Gasteiger partial charge in [0, 0.05) is 5.46 Å². The highest BCUT2D eigenvalue weighted by atomic mass is 32.1. The summed E-state index contributed by atoms with van der Waals surface area (Å²) in [5.74, 6) is 0. The molecule has 1 fully saturated rings. The van der Waals surface area contributed by atoms with Crippen LogP contribution in [0.3, 0.4) is 0 Å². The number of hydrogen-bond donors (Lipinski definition) is 1. The lowest BCUT2D eigenvalue weighted by Gasteiger charge is -2.32. The molecular weight excluding hydrogens is 277 g/mol. The Kier molecular flexibility index (Phi) is 2.91. The van der Waals surface area contributed by atoms with Crippen molar-refractivity contribution >= 4 is 46.4 Å². The van der Waals surface area contributed by atoms with Crippen molar-refractivity contribution in [1.29, 1.82) is 0 Å². The molecule has 19 heavy (non-hydrogen) atoms. The maximum Gasteiger partial charge on any atom is 0.497 e. The van der Waals surface area contributed by atoms with Gasteiger partial charge in [-0.1, -0.05) is 12.1 Å². The predicted octanol–water partition coefficient (Wildman–Crippen LogP) is 3.26. The first-order valence-electron chi connectivity index (χ1n) is 6.27. The molecule has 0 spiro atoms. The van der Waals surface area contributed by atoms with E-state index in [9.17, 15) is 0 Å². The van der Waals surface area contributed by atoms with Crippen LogP contribution in [-0.2, 0) is 9.31 Å². The Bertz CT molecular complexity index is 673. The van der Waals surface area contributed by atoms with Crippen molar-refractivity contribution in [3.05, 3.63) is 22.2 Å². The van der Waals surface area contributed by atoms with Gasteiger partial charge in [-0.2, -0.15) is 0 Å². The summed E-state index contributed by atoms with van der Waals surface area (Å²) >= 11 is 6.79. The minimum absolute atomic E-state index is 0.327. The molecule has 0 radical (unpaired) electrons. The van der Waals surface area contributed by atoms with Crippen LogP contribution in [-0.4, -0.2) is 23.3 Å². The van der Waals surface area contributed by atoms with Crippen molar-refractivity contribution in [2.45, 2.75) is 38.9 Å². The average Bonchev–Trinajstić information content (AvgIpc) is 2.75. The van der Waals surface area contributed by atoms with Crippen LogP contribution in [0.25, 0.3) is 10.2 Å². The van der Waals surface area contributed by atoms with Gasteiger partial charge in [0.25, 0.3) is 0 Å². The fraction of sp³-hybridized carbons (Fsp3) is 0.462. The molecule has 3 rings (SSSR count). The molecule has 100 valence electrons. The molecule has 1 aromatic heterocycles. The van der Waals surface area contributed by atoms with Gasteiger partial charge in [-0.05, 0) is 46.0 Å². The SMILES string of the molecule is CC1(C)OB(c2cccc3sc(=S)[nH]c23)OC1(C)C. The molecule has 0 aliphatic carbocycles. The number of fused-ring (bicyclic) bond motifs is 1. The molecule has 0 unspecified atom stereocenters. The number of H-pyrrole nitrogens is 1. The fourth-order valence-electron chi connectivity index (χ4n) is 2.16. The van der Waals surface area contributed by atoms with Gasteiger partial charge in [-0.25, -0.2) is 0 Å². The summed E-state index contributed by atoms with van der Waals surface area (Å²) in [6.45, 7) is 8.23. The molecule has 0 saturated carbocycles. The van der Waals surface area contributed by atoms with E-state index in [-0.39, 0.29) is 18.3 Å². The van der Waals surface area contributed by atoms with E-state index in [1.54, 1.807) is 11.3 Å². The Morgan fingerprint density at radius 2 is 1.79 bits per heavy atom. The van der Waals surface area contributed by atoms with Gasteiger partial charge >= 0.3 is 7.12 Å². The van der Waals surface area contributed by atoms with Gasteiger partial charge < -0.3 is 14.3 Å². The highest BCUT2D eigenvalue weighted by Gasteiger charge is 2.52. The molecule has 0 bridgehead atoms. The molecule has 6 heteroatoms. The molecule has 0 amide bonds. The van der Waals surface area contributed by atoms with Crippen molar-refractivity contribution in [2.75, 3.05) is 0 Å². The summed E-state index contributed by atoms with van der Waals surface area (Å²) in [5, 5.41) is 0. The highest BCUT2D eigenvalue weighted by Crippen LogP contribution is 2.37. The minimum Gasteiger partial charge on any atom is -0.399 e. The minimum atomic E-state index is -0.353. The van der Waals surface area contributed by atoms with Crippen LogP contribution in [0.4, 0.5) is 0 Å². The van der Waals surface area contributed by atoms with Crippen molar-refractivity contribution < 1.29 is 9.31 Å². The summed E-state index contributed by atoms with van der Waals surface area (Å²) < 4.78 is 14.1. The molecular formula is C13H16BNO2S2. The van der Waals surface area contributed by atoms with Crippen LogP contribution >= 0.6 is 23.6 Å². The number of benzene rings is 1. The molecule has 2 aromatic rings. The Hall–Kier alpha value is -0.685. The molecule has 1 aromatic carbocycles. The third kappa shape index (κ3) is 2.07. The van der Waals surface area contributed by atoms with Gasteiger partial charge in [0.15, 0.2) is 3.95 Å². The quantitative estimate of drug-likeness (QED) is 0.647. The van der Waals surface area contributed by atoms with E-state index in [0.717, 1.165) is 19.6 Å². The predicted molar refractivity (Wildman–Crippen MR) is 82.7 cm³/mol. The van der Waals surface area contributed by atoms with E-state index >= 15 is 0 Å². The monoisotopic (exact) mass is 293 g/mol. The first-order valence-corrected chi connectivity index (χ1v) is 7.50. The normalized spacial score (nSPS) is 21.2. The van der Waals surface area contributed by atoms with Gasteiger partial charge in [-0.3, -0.25) is 0 Å². The lowest BCUT2D eigenvalue weighted by molar-refractivity contribution is 0.00578. The summed E-state index contributed by atoms with van der Waals surface area (Å²) in [5.41, 5.74) is 1.39. The third-order valence-electron chi connectivity index (χ3n) is 4.00.